The van der Waals surface area contributed by atoms with Crippen LogP contribution >= 0.6 is 0 Å². The molecule has 53 heavy (non-hydrogen) atoms. The number of nitrogens with zero attached hydrogens (tertiary/aromatic N) is 5. The molecule has 6 rings (SSSR count). The SMILES string of the molecule is CC.N#CCO.O=C1CC(S(=O)(=O)[O-])C(=O)N1O.O=C1CCC(=O)N1O.O=C1c2ccccc2C(=O)N1O.ON1CCCCC1.Oc1ccccc1.[Na+]. The zero-order chi connectivity index (χ0) is 40.0. The zero-order valence-corrected chi connectivity index (χ0v) is 32.0. The average Bonchev–Trinajstić information content (AvgIpc) is 3.68. The van der Waals surface area contributed by atoms with Crippen molar-refractivity contribution in [2.75, 3.05) is 19.7 Å². The molecule has 0 radical (unpaired) electrons. The van der Waals surface area contributed by atoms with E-state index in [4.69, 9.17) is 36.3 Å². The van der Waals surface area contributed by atoms with E-state index in [1.807, 2.05) is 19.9 Å². The summed E-state index contributed by atoms with van der Waals surface area (Å²) in [5.41, 5.74) is 0.509. The Hall–Kier alpha value is -4.18. The van der Waals surface area contributed by atoms with Crippen LogP contribution in [0.4, 0.5) is 0 Å². The van der Waals surface area contributed by atoms with Crippen LogP contribution in [-0.4, -0.2) is 125 Å². The van der Waals surface area contributed by atoms with Crippen molar-refractivity contribution in [1.82, 2.24) is 20.3 Å². The number of carbonyl (C=O) groups excluding carboxylic acids is 6. The third-order valence-corrected chi connectivity index (χ3v) is 7.45. The Bertz CT molecular complexity index is 1600. The van der Waals surface area contributed by atoms with Gasteiger partial charge >= 0.3 is 29.6 Å². The number of carbonyl (C=O) groups is 6. The zero-order valence-electron chi connectivity index (χ0n) is 29.1. The minimum Gasteiger partial charge on any atom is -0.747 e. The van der Waals surface area contributed by atoms with E-state index in [0.29, 0.717) is 5.75 Å². The van der Waals surface area contributed by atoms with Crippen LogP contribution in [0.2, 0.25) is 0 Å². The molecule has 22 heteroatoms. The molecular formula is C31H40N5NaO15S. The number of nitriles is 1. The molecule has 1 unspecified atom stereocenters. The number of hydrogen-bond acceptors (Lipinski definition) is 17. The molecule has 0 aromatic heterocycles. The maximum atomic E-state index is 11.1. The number of aromatic hydroxyl groups is 1. The second-order valence-corrected chi connectivity index (χ2v) is 11.5. The van der Waals surface area contributed by atoms with Gasteiger partial charge in [0, 0.05) is 25.9 Å². The van der Waals surface area contributed by atoms with Gasteiger partial charge in [-0.1, -0.05) is 50.6 Å². The Morgan fingerprint density at radius 3 is 1.38 bits per heavy atom. The fraction of sp³-hybridized carbons (Fsp3) is 0.387. The van der Waals surface area contributed by atoms with Crippen LogP contribution in [-0.2, 0) is 29.3 Å². The summed E-state index contributed by atoms with van der Waals surface area (Å²) in [5.74, 6) is -4.46. The van der Waals surface area contributed by atoms with Gasteiger partial charge in [0.15, 0.2) is 0 Å². The minimum atomic E-state index is -4.84. The molecule has 1 atom stereocenters. The summed E-state index contributed by atoms with van der Waals surface area (Å²) >= 11 is 0. The summed E-state index contributed by atoms with van der Waals surface area (Å²) in [6, 6.07) is 16.5. The van der Waals surface area contributed by atoms with Crippen LogP contribution in [0.1, 0.15) is 73.1 Å². The molecule has 0 spiro atoms. The largest absolute Gasteiger partial charge is 1.00 e. The van der Waals surface area contributed by atoms with E-state index < -0.39 is 57.2 Å². The predicted molar refractivity (Wildman–Crippen MR) is 173 cm³/mol. The maximum absolute atomic E-state index is 11.1. The van der Waals surface area contributed by atoms with Crippen LogP contribution in [0, 0.1) is 11.3 Å². The number of fused-ring (bicyclic) bond motifs is 1. The summed E-state index contributed by atoms with van der Waals surface area (Å²) in [4.78, 5) is 63.7. The number of phenols is 1. The van der Waals surface area contributed by atoms with Crippen LogP contribution in [0.3, 0.4) is 0 Å². The number of benzene rings is 2. The standard InChI is InChI=1S/C8H5NO3.C6H6O.C5H11NO.C4H5NO6S.C4H5NO3.C2H3NO.C2H6.Na/c10-7-5-3-1-2-4-6(5)8(11)9(7)12;2*7-6-4-2-1-3-5-6;6-3-1-2(12(9,10)11)4(7)5(3)8;6-3-1-2-4(7)5(3)8;3-1-2-4;1-2;/h1-4,12H;1-5,7H;7H,1-5H2;2,8H,1H2,(H,9,10,11);8H,1-2H2;4H,2H2;1-2H3;/q;;;;;;;+1/p-1. The molecule has 3 fully saturated rings. The van der Waals surface area contributed by atoms with Gasteiger partial charge in [-0.3, -0.25) is 44.4 Å². The van der Waals surface area contributed by atoms with Crippen molar-refractivity contribution >= 4 is 45.6 Å². The number of hydrogen-bond donors (Lipinski definition) is 6. The van der Waals surface area contributed by atoms with Gasteiger partial charge in [-0.2, -0.15) is 20.5 Å². The normalized spacial score (nSPS) is 17.2. The number of phenolic OH excluding ortho intramolecular Hbond substituents is 1. The van der Waals surface area contributed by atoms with Gasteiger partial charge < -0.3 is 20.0 Å². The van der Waals surface area contributed by atoms with Crippen molar-refractivity contribution in [3.63, 3.8) is 0 Å². The van der Waals surface area contributed by atoms with Crippen LogP contribution in [0.15, 0.2) is 54.6 Å². The first-order valence-electron chi connectivity index (χ1n) is 15.3. The molecule has 0 aliphatic carbocycles. The van der Waals surface area contributed by atoms with E-state index in [2.05, 4.69) is 0 Å². The topological polar surface area (TPSA) is 318 Å². The predicted octanol–water partition coefficient (Wildman–Crippen LogP) is -1.97. The van der Waals surface area contributed by atoms with Crippen LogP contribution < -0.4 is 29.6 Å². The molecule has 0 bridgehead atoms. The Kier molecular flexibility index (Phi) is 25.5. The number of piperidine rings is 1. The number of imide groups is 3. The van der Waals surface area contributed by atoms with E-state index in [9.17, 15) is 41.7 Å². The average molecular weight is 778 g/mol. The van der Waals surface area contributed by atoms with Gasteiger partial charge in [0.2, 0.25) is 0 Å². The third kappa shape index (κ3) is 17.9. The van der Waals surface area contributed by atoms with Gasteiger partial charge in [0.25, 0.3) is 35.4 Å². The Labute approximate surface area is 326 Å². The van der Waals surface area contributed by atoms with Gasteiger partial charge in [0.1, 0.15) is 27.7 Å². The van der Waals surface area contributed by atoms with E-state index in [0.717, 1.165) is 25.9 Å². The van der Waals surface area contributed by atoms with Crippen molar-refractivity contribution in [3.8, 4) is 11.8 Å². The number of hydroxylamine groups is 8. The van der Waals surface area contributed by atoms with Crippen molar-refractivity contribution in [2.24, 2.45) is 0 Å². The molecule has 286 valence electrons. The molecule has 0 saturated carbocycles. The summed E-state index contributed by atoms with van der Waals surface area (Å²) in [6.45, 7) is 5.38. The molecule has 4 aliphatic heterocycles. The monoisotopic (exact) mass is 777 g/mol. The van der Waals surface area contributed by atoms with Gasteiger partial charge in [-0.05, 0) is 37.1 Å². The van der Waals surface area contributed by atoms with Gasteiger partial charge in [-0.25, -0.2) is 8.42 Å². The first-order chi connectivity index (χ1) is 24.5. The molecule has 6 amide bonds. The molecule has 4 heterocycles. The van der Waals surface area contributed by atoms with Crippen molar-refractivity contribution in [3.05, 3.63) is 65.7 Å². The van der Waals surface area contributed by atoms with E-state index in [1.54, 1.807) is 36.4 Å². The molecule has 2 aromatic carbocycles. The first kappa shape index (κ1) is 50.9. The number of para-hydroxylation sites is 1. The van der Waals surface area contributed by atoms with Crippen molar-refractivity contribution in [2.45, 2.75) is 57.6 Å². The molecule has 3 saturated heterocycles. The number of aliphatic hydroxyl groups is 1. The number of amides is 6. The quantitative estimate of drug-likeness (QED) is 0.0601. The molecular weight excluding hydrogens is 737 g/mol. The molecule has 6 N–H and O–H groups in total. The van der Waals surface area contributed by atoms with E-state index in [-0.39, 0.29) is 75.3 Å². The Balaban J connectivity index is 0. The summed E-state index contributed by atoms with van der Waals surface area (Å²) in [5, 5.41) is 57.5. The van der Waals surface area contributed by atoms with E-state index in [1.165, 1.54) is 29.7 Å². The summed E-state index contributed by atoms with van der Waals surface area (Å²) < 4.78 is 30.8. The minimum absolute atomic E-state index is 0. The van der Waals surface area contributed by atoms with E-state index >= 15 is 0 Å². The second kappa shape index (κ2) is 26.6. The Morgan fingerprint density at radius 1 is 0.736 bits per heavy atom. The fourth-order valence-electron chi connectivity index (χ4n) is 3.86. The smallest absolute Gasteiger partial charge is 0.747 e. The fourth-order valence-corrected chi connectivity index (χ4v) is 4.56. The number of rotatable bonds is 1. The van der Waals surface area contributed by atoms with Crippen molar-refractivity contribution in [1.29, 1.82) is 5.26 Å². The van der Waals surface area contributed by atoms with Crippen LogP contribution in [0.25, 0.3) is 0 Å². The first-order valence-corrected chi connectivity index (χ1v) is 16.8. The number of aliphatic hydroxyl groups excluding tert-OH is 1. The maximum Gasteiger partial charge on any atom is 1.00 e. The Morgan fingerprint density at radius 2 is 1.15 bits per heavy atom. The third-order valence-electron chi connectivity index (χ3n) is 6.39. The van der Waals surface area contributed by atoms with Crippen LogP contribution in [0.5, 0.6) is 5.75 Å². The summed E-state index contributed by atoms with van der Waals surface area (Å²) in [7, 11) is -4.84. The summed E-state index contributed by atoms with van der Waals surface area (Å²) in [6.07, 6.45) is 3.13. The second-order valence-electron chi connectivity index (χ2n) is 9.96. The molecule has 2 aromatic rings. The molecule has 4 aliphatic rings. The van der Waals surface area contributed by atoms with Gasteiger partial charge in [0.05, 0.1) is 23.6 Å². The van der Waals surface area contributed by atoms with Crippen molar-refractivity contribution < 1.29 is 102 Å². The van der Waals surface area contributed by atoms with Gasteiger partial charge in [-0.15, -0.1) is 5.06 Å². The molecule has 20 nitrogen and oxygen atoms in total.